The van der Waals surface area contributed by atoms with Gasteiger partial charge in [0.1, 0.15) is 0 Å². The highest BCUT2D eigenvalue weighted by atomic mass is 35.5. The Morgan fingerprint density at radius 3 is 2.31 bits per heavy atom. The number of alkyl halides is 1. The van der Waals surface area contributed by atoms with E-state index in [1.807, 2.05) is 0 Å². The molecule has 1 nitrogen and oxygen atoms in total. The van der Waals surface area contributed by atoms with E-state index < -0.39 is 5.24 Å². The molecule has 0 unspecified atom stereocenters. The van der Waals surface area contributed by atoms with E-state index in [1.165, 1.54) is 12.8 Å². The summed E-state index contributed by atoms with van der Waals surface area (Å²) in [4.78, 5) is 10.2. The van der Waals surface area contributed by atoms with Crippen LogP contribution in [0.15, 0.2) is 0 Å². The number of unbranched alkanes of at least 4 members (excludes halogenated alkanes) is 5. The number of carbonyl (C=O) groups excluding carboxylic acids is 1. The molecule has 0 rings (SSSR count). The fourth-order valence-corrected chi connectivity index (χ4v) is 1.23. The highest BCUT2D eigenvalue weighted by Crippen LogP contribution is 2.05. The van der Waals surface area contributed by atoms with Gasteiger partial charge in [-0.05, 0) is 30.4 Å². The minimum atomic E-state index is -0.567. The molecule has 0 aliphatic carbocycles. The molecule has 0 aromatic heterocycles. The summed E-state index contributed by atoms with van der Waals surface area (Å²) >= 11 is 10.6. The van der Waals surface area contributed by atoms with E-state index in [-0.39, 0.29) is 0 Å². The van der Waals surface area contributed by atoms with Gasteiger partial charge in [-0.15, -0.1) is 11.6 Å². The van der Waals surface area contributed by atoms with E-state index in [9.17, 15) is 4.79 Å². The predicted octanol–water partition coefficient (Wildman–Crippen LogP) is 3.33. The number of rotatable bonds is 6. The summed E-state index contributed by atoms with van der Waals surface area (Å²) in [5, 5.41) is -0.567. The Labute approximate surface area is 89.8 Å². The predicted molar refractivity (Wildman–Crippen MR) is 57.1 cm³/mol. The minimum Gasteiger partial charge on any atom is -0.266 e. The number of hydrogen-bond donors (Lipinski definition) is 0. The Kier molecular flexibility index (Phi) is 9.75. The number of carbonyl (C=O) groups is 1. The lowest BCUT2D eigenvalue weighted by Gasteiger charge is -1.95. The van der Waals surface area contributed by atoms with E-state index in [1.54, 1.807) is 0 Å². The first-order chi connectivity index (χ1) is 6.27. The van der Waals surface area contributed by atoms with Crippen LogP contribution in [0.5, 0.6) is 0 Å². The number of halogens is 2. The second-order valence-corrected chi connectivity index (χ2v) is 3.50. The highest BCUT2D eigenvalue weighted by molar-refractivity contribution is 6.68. The van der Waals surface area contributed by atoms with Crippen molar-refractivity contribution >= 4 is 28.4 Å². The Bertz CT molecular complexity index is 191. The van der Waals surface area contributed by atoms with Gasteiger partial charge in [-0.25, -0.2) is 0 Å². The van der Waals surface area contributed by atoms with Crippen molar-refractivity contribution < 1.29 is 4.79 Å². The quantitative estimate of drug-likeness (QED) is 0.291. The van der Waals surface area contributed by atoms with Crippen LogP contribution in [0.2, 0.25) is 0 Å². The molecule has 0 aliphatic heterocycles. The lowest BCUT2D eigenvalue weighted by atomic mass is 10.1. The van der Waals surface area contributed by atoms with Crippen molar-refractivity contribution in [3.63, 3.8) is 0 Å². The van der Waals surface area contributed by atoms with Crippen LogP contribution in [0.3, 0.4) is 0 Å². The van der Waals surface area contributed by atoms with Gasteiger partial charge in [0.05, 0.1) is 0 Å². The molecule has 3 heteroatoms. The lowest BCUT2D eigenvalue weighted by Crippen LogP contribution is -1.80. The largest absolute Gasteiger partial charge is 0.296 e. The topological polar surface area (TPSA) is 17.1 Å². The van der Waals surface area contributed by atoms with Gasteiger partial charge in [0, 0.05) is 12.3 Å². The second-order valence-electron chi connectivity index (χ2n) is 2.78. The minimum absolute atomic E-state index is 0.567. The third-order valence-corrected chi connectivity index (χ3v) is 1.98. The van der Waals surface area contributed by atoms with Crippen molar-refractivity contribution in [1.82, 2.24) is 0 Å². The Balaban J connectivity index is 3.09. The van der Waals surface area contributed by atoms with Crippen molar-refractivity contribution in [1.29, 1.82) is 0 Å². The van der Waals surface area contributed by atoms with Gasteiger partial charge in [-0.1, -0.05) is 25.2 Å². The standard InChI is InChI=1S/C10H14Cl2O/c11-9-7-5-3-1-2-4-6-8-10(12)13/h1-5,7,9H2. The van der Waals surface area contributed by atoms with E-state index in [0.29, 0.717) is 0 Å². The molecular formula is C10H14Cl2O. The monoisotopic (exact) mass is 220 g/mol. The molecule has 0 bridgehead atoms. The molecular weight excluding hydrogens is 207 g/mol. The van der Waals surface area contributed by atoms with Crippen LogP contribution in [0.4, 0.5) is 0 Å². The first-order valence-electron chi connectivity index (χ1n) is 4.51. The van der Waals surface area contributed by atoms with Crippen LogP contribution in [-0.2, 0) is 4.79 Å². The van der Waals surface area contributed by atoms with Gasteiger partial charge in [0.2, 0.25) is 0 Å². The molecule has 0 aromatic carbocycles. The molecule has 0 radical (unpaired) electrons. The Morgan fingerprint density at radius 1 is 1.08 bits per heavy atom. The molecule has 0 spiro atoms. The maximum absolute atomic E-state index is 10.2. The van der Waals surface area contributed by atoms with Gasteiger partial charge < -0.3 is 0 Å². The highest BCUT2D eigenvalue weighted by Gasteiger charge is 1.88. The summed E-state index contributed by atoms with van der Waals surface area (Å²) in [6.07, 6.45) is 6.43. The summed E-state index contributed by atoms with van der Waals surface area (Å²) in [6.45, 7) is 0. The van der Waals surface area contributed by atoms with Crippen LogP contribution in [0, 0.1) is 11.8 Å². The zero-order valence-corrected chi connectivity index (χ0v) is 9.13. The summed E-state index contributed by atoms with van der Waals surface area (Å²) in [7, 11) is 0. The van der Waals surface area contributed by atoms with Crippen molar-refractivity contribution in [3.05, 3.63) is 0 Å². The van der Waals surface area contributed by atoms with Crippen molar-refractivity contribution in [3.8, 4) is 11.8 Å². The third kappa shape index (κ3) is 11.8. The SMILES string of the molecule is O=C(Cl)C#CCCCCCCCCl. The van der Waals surface area contributed by atoms with Gasteiger partial charge >= 0.3 is 0 Å². The van der Waals surface area contributed by atoms with Crippen molar-refractivity contribution in [2.24, 2.45) is 0 Å². The smallest absolute Gasteiger partial charge is 0.266 e. The Hall–Kier alpha value is -0.190. The zero-order valence-electron chi connectivity index (χ0n) is 7.61. The zero-order chi connectivity index (χ0) is 9.94. The molecule has 0 N–H and O–H groups in total. The second kappa shape index (κ2) is 9.89. The van der Waals surface area contributed by atoms with Crippen LogP contribution in [0.25, 0.3) is 0 Å². The van der Waals surface area contributed by atoms with Gasteiger partial charge in [0.25, 0.3) is 5.24 Å². The molecule has 0 aromatic rings. The maximum atomic E-state index is 10.2. The fourth-order valence-electron chi connectivity index (χ4n) is 0.970. The van der Waals surface area contributed by atoms with E-state index >= 15 is 0 Å². The third-order valence-electron chi connectivity index (χ3n) is 1.62. The molecule has 0 saturated heterocycles. The van der Waals surface area contributed by atoms with Crippen LogP contribution < -0.4 is 0 Å². The van der Waals surface area contributed by atoms with Crippen LogP contribution in [-0.4, -0.2) is 11.1 Å². The molecule has 0 fully saturated rings. The van der Waals surface area contributed by atoms with Crippen molar-refractivity contribution in [2.75, 3.05) is 5.88 Å². The van der Waals surface area contributed by atoms with Gasteiger partial charge in [-0.3, -0.25) is 4.79 Å². The maximum Gasteiger partial charge on any atom is 0.296 e. The Morgan fingerprint density at radius 2 is 1.69 bits per heavy atom. The van der Waals surface area contributed by atoms with E-state index in [2.05, 4.69) is 11.8 Å². The average Bonchev–Trinajstić information content (AvgIpc) is 2.09. The normalized spacial score (nSPS) is 9.08. The fraction of sp³-hybridized carbons (Fsp3) is 0.700. The van der Waals surface area contributed by atoms with Crippen LogP contribution in [0.1, 0.15) is 38.5 Å². The molecule has 0 aliphatic rings. The van der Waals surface area contributed by atoms with Crippen LogP contribution >= 0.6 is 23.2 Å². The summed E-state index contributed by atoms with van der Waals surface area (Å²) in [6, 6.07) is 0. The van der Waals surface area contributed by atoms with E-state index in [4.69, 9.17) is 23.2 Å². The first-order valence-corrected chi connectivity index (χ1v) is 5.43. The molecule has 0 heterocycles. The molecule has 74 valence electrons. The summed E-state index contributed by atoms with van der Waals surface area (Å²) < 4.78 is 0. The molecule has 0 amide bonds. The van der Waals surface area contributed by atoms with Gasteiger partial charge in [-0.2, -0.15) is 0 Å². The molecule has 0 atom stereocenters. The van der Waals surface area contributed by atoms with E-state index in [0.717, 1.165) is 31.6 Å². The molecule has 0 saturated carbocycles. The summed E-state index contributed by atoms with van der Waals surface area (Å²) in [5.41, 5.74) is 0. The average molecular weight is 221 g/mol. The van der Waals surface area contributed by atoms with Gasteiger partial charge in [0.15, 0.2) is 0 Å². The first kappa shape index (κ1) is 12.8. The number of hydrogen-bond acceptors (Lipinski definition) is 1. The molecule has 13 heavy (non-hydrogen) atoms. The summed E-state index contributed by atoms with van der Waals surface area (Å²) in [5.74, 6) is 5.77. The van der Waals surface area contributed by atoms with Crippen molar-refractivity contribution in [2.45, 2.75) is 38.5 Å². The lowest BCUT2D eigenvalue weighted by molar-refractivity contribution is -0.107.